The third-order valence-electron chi connectivity index (χ3n) is 4.34. The van der Waals surface area contributed by atoms with Crippen LogP contribution in [0.4, 0.5) is 5.69 Å². The molecule has 2 aromatic heterocycles. The minimum atomic E-state index is -0.447. The number of nitrogens with zero attached hydrogens (tertiary/aromatic N) is 3. The third kappa shape index (κ3) is 6.23. The molecule has 0 saturated heterocycles. The van der Waals surface area contributed by atoms with Crippen molar-refractivity contribution in [2.24, 2.45) is 0 Å². The topological polar surface area (TPSA) is 88.9 Å². The van der Waals surface area contributed by atoms with Crippen LogP contribution in [0.15, 0.2) is 45.6 Å². The van der Waals surface area contributed by atoms with Crippen molar-refractivity contribution in [3.63, 3.8) is 0 Å². The molecule has 2 amide bonds. The summed E-state index contributed by atoms with van der Waals surface area (Å²) < 4.78 is 2.09. The van der Waals surface area contributed by atoms with Crippen LogP contribution in [0, 0.1) is 6.92 Å². The van der Waals surface area contributed by atoms with Crippen molar-refractivity contribution in [1.29, 1.82) is 0 Å². The number of benzene rings is 1. The Labute approximate surface area is 217 Å². The first-order valence-electron chi connectivity index (χ1n) is 9.72. The van der Waals surface area contributed by atoms with Gasteiger partial charge in [-0.3, -0.25) is 9.59 Å². The van der Waals surface area contributed by atoms with Crippen LogP contribution in [0.1, 0.15) is 35.5 Å². The summed E-state index contributed by atoms with van der Waals surface area (Å²) in [5.74, 6) is -0.416. The number of amides is 2. The molecule has 0 aliphatic heterocycles. The summed E-state index contributed by atoms with van der Waals surface area (Å²) in [5.41, 5.74) is 1.98. The first kappa shape index (κ1) is 25.4. The summed E-state index contributed by atoms with van der Waals surface area (Å²) in [6, 6.07) is 8.26. The third-order valence-corrected chi connectivity index (χ3v) is 5.83. The van der Waals surface area contributed by atoms with Gasteiger partial charge in [0.1, 0.15) is 10.3 Å². The molecule has 0 saturated carbocycles. The first-order valence-corrected chi connectivity index (χ1v) is 12.1. The van der Waals surface area contributed by atoms with Gasteiger partial charge in [0, 0.05) is 28.9 Å². The van der Waals surface area contributed by atoms with Gasteiger partial charge in [-0.05, 0) is 88.5 Å². The number of rotatable bonds is 6. The lowest BCUT2D eigenvalue weighted by Gasteiger charge is -2.14. The maximum absolute atomic E-state index is 13.3. The zero-order valence-electron chi connectivity index (χ0n) is 17.8. The van der Waals surface area contributed by atoms with Gasteiger partial charge in [-0.15, -0.1) is 0 Å². The fourth-order valence-corrected chi connectivity index (χ4v) is 4.19. The second-order valence-corrected chi connectivity index (χ2v) is 9.84. The zero-order chi connectivity index (χ0) is 24.3. The lowest BCUT2D eigenvalue weighted by atomic mass is 10.1. The van der Waals surface area contributed by atoms with Crippen molar-refractivity contribution in [3.8, 4) is 5.82 Å². The average molecular weight is 616 g/mol. The lowest BCUT2D eigenvalue weighted by Crippen LogP contribution is -2.29. The molecule has 0 aliphatic rings. The van der Waals surface area contributed by atoms with E-state index in [2.05, 4.69) is 52.6 Å². The fourth-order valence-electron chi connectivity index (χ4n) is 2.97. The zero-order valence-corrected chi connectivity index (χ0v) is 22.5. The normalized spacial score (nSPS) is 11.6. The number of hydrogen-bond donors (Lipinski definition) is 2. The van der Waals surface area contributed by atoms with Gasteiger partial charge in [0.05, 0.1) is 15.2 Å². The molecule has 0 atom stereocenters. The molecule has 7 nitrogen and oxygen atoms in total. The van der Waals surface area contributed by atoms with Crippen LogP contribution in [0.3, 0.4) is 0 Å². The minimum Gasteiger partial charge on any atom is -0.349 e. The van der Waals surface area contributed by atoms with Crippen molar-refractivity contribution in [3.05, 3.63) is 72.5 Å². The van der Waals surface area contributed by atoms with Gasteiger partial charge >= 0.3 is 0 Å². The van der Waals surface area contributed by atoms with Gasteiger partial charge in [-0.1, -0.05) is 23.2 Å². The molecule has 3 rings (SSSR count). The summed E-state index contributed by atoms with van der Waals surface area (Å²) in [6.07, 6.45) is 3.17. The summed E-state index contributed by atoms with van der Waals surface area (Å²) in [6.45, 7) is 5.54. The van der Waals surface area contributed by atoms with E-state index >= 15 is 0 Å². The summed E-state index contributed by atoms with van der Waals surface area (Å²) in [7, 11) is 0. The average Bonchev–Trinajstić information content (AvgIpc) is 3.11. The second kappa shape index (κ2) is 10.8. The predicted octanol–water partition coefficient (Wildman–Crippen LogP) is 6.16. The standard InChI is InChI=1S/C22H19Br2Cl2N5O2/c1-11(2)28-21(32)15(23)9-13-8-14(25)7-12(3)19(13)29-22(33)17-10-18(24)30-31(17)20-16(26)5-4-6-27-20/h4-11H,1-3H3,(H,28,32)(H,29,33)/b15-9-. The van der Waals surface area contributed by atoms with Crippen molar-refractivity contribution in [1.82, 2.24) is 20.1 Å². The van der Waals surface area contributed by atoms with Gasteiger partial charge in [-0.2, -0.15) is 5.10 Å². The lowest BCUT2D eigenvalue weighted by molar-refractivity contribution is -0.117. The van der Waals surface area contributed by atoms with Crippen molar-refractivity contribution in [2.45, 2.75) is 26.8 Å². The Morgan fingerprint density at radius 1 is 1.21 bits per heavy atom. The van der Waals surface area contributed by atoms with E-state index in [1.165, 1.54) is 4.68 Å². The summed E-state index contributed by atoms with van der Waals surface area (Å²) in [4.78, 5) is 29.8. The number of aromatic nitrogens is 3. The molecule has 172 valence electrons. The number of anilines is 1. The highest BCUT2D eigenvalue weighted by atomic mass is 79.9. The molecule has 0 radical (unpaired) electrons. The Balaban J connectivity index is 2.01. The molecule has 2 heterocycles. The Morgan fingerprint density at radius 2 is 1.94 bits per heavy atom. The molecule has 33 heavy (non-hydrogen) atoms. The molecule has 2 N–H and O–H groups in total. The Kier molecular flexibility index (Phi) is 8.33. The highest BCUT2D eigenvalue weighted by Crippen LogP contribution is 2.30. The highest BCUT2D eigenvalue weighted by Gasteiger charge is 2.21. The fraction of sp³-hybridized carbons (Fsp3) is 0.182. The van der Waals surface area contributed by atoms with Gasteiger partial charge in [-0.25, -0.2) is 9.67 Å². The van der Waals surface area contributed by atoms with Crippen molar-refractivity contribution < 1.29 is 9.59 Å². The molecule has 0 unspecified atom stereocenters. The van der Waals surface area contributed by atoms with E-state index < -0.39 is 5.91 Å². The van der Waals surface area contributed by atoms with E-state index in [4.69, 9.17) is 23.2 Å². The highest BCUT2D eigenvalue weighted by molar-refractivity contribution is 9.12. The molecular weight excluding hydrogens is 597 g/mol. The largest absolute Gasteiger partial charge is 0.349 e. The van der Waals surface area contributed by atoms with Crippen LogP contribution in [0.5, 0.6) is 0 Å². The maximum Gasteiger partial charge on any atom is 0.274 e. The Bertz CT molecular complexity index is 1260. The predicted molar refractivity (Wildman–Crippen MR) is 138 cm³/mol. The van der Waals surface area contributed by atoms with Crippen LogP contribution in [-0.4, -0.2) is 32.6 Å². The number of nitrogens with one attached hydrogen (secondary N) is 2. The molecule has 1 aromatic carbocycles. The molecule has 3 aromatic rings. The number of pyridine rings is 1. The van der Waals surface area contributed by atoms with Crippen molar-refractivity contribution in [2.75, 3.05) is 5.32 Å². The van der Waals surface area contributed by atoms with E-state index in [9.17, 15) is 9.59 Å². The van der Waals surface area contributed by atoms with E-state index in [0.717, 1.165) is 0 Å². The van der Waals surface area contributed by atoms with Gasteiger partial charge < -0.3 is 10.6 Å². The van der Waals surface area contributed by atoms with E-state index in [-0.39, 0.29) is 17.6 Å². The molecule has 0 aliphatic carbocycles. The number of carbonyl (C=O) groups is 2. The van der Waals surface area contributed by atoms with Crippen molar-refractivity contribution >= 4 is 78.6 Å². The van der Waals surface area contributed by atoms with Gasteiger partial charge in [0.2, 0.25) is 0 Å². The molecule has 0 bridgehead atoms. The van der Waals surface area contributed by atoms with Crippen LogP contribution in [0.25, 0.3) is 11.9 Å². The Morgan fingerprint density at radius 3 is 2.61 bits per heavy atom. The Hall–Kier alpha value is -2.20. The van der Waals surface area contributed by atoms with Gasteiger partial charge in [0.25, 0.3) is 11.8 Å². The monoisotopic (exact) mass is 613 g/mol. The molecule has 11 heteroatoms. The minimum absolute atomic E-state index is 0.0316. The number of halogens is 4. The van der Waals surface area contributed by atoms with Crippen LogP contribution in [0.2, 0.25) is 10.0 Å². The van der Waals surface area contributed by atoms with E-state index in [0.29, 0.717) is 41.8 Å². The SMILES string of the molecule is Cc1cc(Cl)cc(/C=C(\Br)C(=O)NC(C)C)c1NC(=O)c1cc(Br)nn1-c1ncccc1Cl. The van der Waals surface area contributed by atoms with Gasteiger partial charge in [0.15, 0.2) is 5.82 Å². The smallest absolute Gasteiger partial charge is 0.274 e. The van der Waals surface area contributed by atoms with Crippen LogP contribution in [-0.2, 0) is 4.79 Å². The number of aryl methyl sites for hydroxylation is 1. The molecule has 0 fully saturated rings. The molecular formula is C22H19Br2Cl2N5O2. The quantitative estimate of drug-likeness (QED) is 0.325. The first-order chi connectivity index (χ1) is 15.6. The molecule has 0 spiro atoms. The van der Waals surface area contributed by atoms with Crippen LogP contribution < -0.4 is 10.6 Å². The van der Waals surface area contributed by atoms with Crippen LogP contribution >= 0.6 is 55.1 Å². The van der Waals surface area contributed by atoms with E-state index in [1.54, 1.807) is 42.6 Å². The second-order valence-electron chi connectivity index (χ2n) is 7.33. The van der Waals surface area contributed by atoms with E-state index in [1.807, 2.05) is 20.8 Å². The summed E-state index contributed by atoms with van der Waals surface area (Å²) >= 11 is 19.1. The summed E-state index contributed by atoms with van der Waals surface area (Å²) in [5, 5.41) is 10.8. The number of hydrogen-bond acceptors (Lipinski definition) is 4. The number of carbonyl (C=O) groups excluding carboxylic acids is 2. The maximum atomic E-state index is 13.3.